The van der Waals surface area contributed by atoms with Gasteiger partial charge in [-0.25, -0.2) is 4.79 Å². The zero-order valence-corrected chi connectivity index (χ0v) is 17.3. The summed E-state index contributed by atoms with van der Waals surface area (Å²) >= 11 is 1.15. The van der Waals surface area contributed by atoms with Gasteiger partial charge in [-0.15, -0.1) is 11.3 Å². The Morgan fingerprint density at radius 3 is 2.55 bits per heavy atom. The van der Waals surface area contributed by atoms with E-state index in [1.165, 1.54) is 19.1 Å². The molecule has 2 rings (SSSR count). The van der Waals surface area contributed by atoms with E-state index in [1.54, 1.807) is 17.5 Å². The smallest absolute Gasteiger partial charge is 0.339 e. The van der Waals surface area contributed by atoms with E-state index in [9.17, 15) is 14.4 Å². The molecule has 2 aromatic rings. The van der Waals surface area contributed by atoms with Crippen LogP contribution >= 0.6 is 11.3 Å². The van der Waals surface area contributed by atoms with Crippen molar-refractivity contribution in [3.63, 3.8) is 0 Å². The number of primary amides is 1. The van der Waals surface area contributed by atoms with Crippen LogP contribution in [0.4, 0.5) is 5.00 Å². The van der Waals surface area contributed by atoms with Crippen LogP contribution in [0.2, 0.25) is 0 Å². The minimum atomic E-state index is -1.09. The van der Waals surface area contributed by atoms with Gasteiger partial charge >= 0.3 is 5.97 Å². The zero-order chi connectivity index (χ0) is 21.4. The predicted molar refractivity (Wildman–Crippen MR) is 110 cm³/mol. The van der Waals surface area contributed by atoms with E-state index >= 15 is 0 Å². The Labute approximate surface area is 172 Å². The van der Waals surface area contributed by atoms with Gasteiger partial charge in [0.15, 0.2) is 17.6 Å². The minimum Gasteiger partial charge on any atom is -0.490 e. The molecule has 0 radical (unpaired) electrons. The SMILES string of the molecule is CCCOc1ccc(C(=O)O[C@H](C)C(=O)Nc2sccc2C(N)=O)cc1OCC. The third-order valence-corrected chi connectivity index (χ3v) is 4.59. The number of nitrogens with one attached hydrogen (secondary N) is 1. The molecule has 29 heavy (non-hydrogen) atoms. The van der Waals surface area contributed by atoms with Gasteiger partial charge in [0.05, 0.1) is 24.3 Å². The van der Waals surface area contributed by atoms with Crippen LogP contribution in [0, 0.1) is 0 Å². The van der Waals surface area contributed by atoms with Crippen LogP contribution < -0.4 is 20.5 Å². The Bertz CT molecular complexity index is 880. The first-order valence-corrected chi connectivity index (χ1v) is 10.0. The summed E-state index contributed by atoms with van der Waals surface area (Å²) in [5.74, 6) is -0.946. The van der Waals surface area contributed by atoms with Crippen LogP contribution in [0.25, 0.3) is 0 Å². The Balaban J connectivity index is 2.06. The Hall–Kier alpha value is -3.07. The second-order valence-corrected chi connectivity index (χ2v) is 6.92. The molecule has 1 aromatic carbocycles. The molecule has 1 heterocycles. The van der Waals surface area contributed by atoms with Crippen molar-refractivity contribution in [1.29, 1.82) is 0 Å². The van der Waals surface area contributed by atoms with Gasteiger partial charge < -0.3 is 25.3 Å². The largest absolute Gasteiger partial charge is 0.490 e. The molecule has 2 amide bonds. The summed E-state index contributed by atoms with van der Waals surface area (Å²) in [4.78, 5) is 36.1. The third-order valence-electron chi connectivity index (χ3n) is 3.76. The lowest BCUT2D eigenvalue weighted by Crippen LogP contribution is -2.30. The van der Waals surface area contributed by atoms with Gasteiger partial charge in [-0.05, 0) is 49.9 Å². The first-order valence-electron chi connectivity index (χ1n) is 9.16. The van der Waals surface area contributed by atoms with Gasteiger partial charge in [0.25, 0.3) is 11.8 Å². The highest BCUT2D eigenvalue weighted by Crippen LogP contribution is 2.29. The number of benzene rings is 1. The van der Waals surface area contributed by atoms with Crippen molar-refractivity contribution in [2.45, 2.75) is 33.3 Å². The van der Waals surface area contributed by atoms with Crippen LogP contribution in [0.15, 0.2) is 29.6 Å². The highest BCUT2D eigenvalue weighted by molar-refractivity contribution is 7.14. The Morgan fingerprint density at radius 1 is 1.14 bits per heavy atom. The summed E-state index contributed by atoms with van der Waals surface area (Å²) in [5, 5.41) is 4.48. The number of hydrogen-bond acceptors (Lipinski definition) is 7. The number of carbonyl (C=O) groups excluding carboxylic acids is 3. The van der Waals surface area contributed by atoms with Gasteiger partial charge in [0.2, 0.25) is 0 Å². The molecule has 3 N–H and O–H groups in total. The molecule has 0 aliphatic heterocycles. The Morgan fingerprint density at radius 2 is 1.90 bits per heavy atom. The van der Waals surface area contributed by atoms with Crippen LogP contribution in [0.5, 0.6) is 11.5 Å². The second-order valence-electron chi connectivity index (χ2n) is 6.01. The van der Waals surface area contributed by atoms with E-state index in [0.717, 1.165) is 17.8 Å². The van der Waals surface area contributed by atoms with Crippen molar-refractivity contribution in [2.24, 2.45) is 5.73 Å². The van der Waals surface area contributed by atoms with Gasteiger partial charge in [-0.2, -0.15) is 0 Å². The summed E-state index contributed by atoms with van der Waals surface area (Å²) in [6.07, 6.45) is -0.249. The lowest BCUT2D eigenvalue weighted by molar-refractivity contribution is -0.123. The number of esters is 1. The molecular formula is C20H24N2O6S. The number of carbonyl (C=O) groups is 3. The molecule has 1 aromatic heterocycles. The van der Waals surface area contributed by atoms with Crippen molar-refractivity contribution in [3.8, 4) is 11.5 Å². The summed E-state index contributed by atoms with van der Waals surface area (Å²) in [7, 11) is 0. The van der Waals surface area contributed by atoms with Gasteiger partial charge in [-0.3, -0.25) is 9.59 Å². The average molecular weight is 420 g/mol. The number of nitrogens with two attached hydrogens (primary N) is 1. The number of ether oxygens (including phenoxy) is 3. The fourth-order valence-electron chi connectivity index (χ4n) is 2.33. The van der Waals surface area contributed by atoms with E-state index < -0.39 is 23.9 Å². The first-order chi connectivity index (χ1) is 13.9. The van der Waals surface area contributed by atoms with E-state index in [0.29, 0.717) is 29.7 Å². The maximum Gasteiger partial charge on any atom is 0.339 e. The maximum atomic E-state index is 12.4. The van der Waals surface area contributed by atoms with E-state index in [-0.39, 0.29) is 11.1 Å². The molecule has 0 aliphatic rings. The van der Waals surface area contributed by atoms with E-state index in [4.69, 9.17) is 19.9 Å². The standard InChI is InChI=1S/C20H24N2O6S/c1-4-9-27-15-7-6-13(11-16(15)26-5-2)20(25)28-12(3)18(24)22-19-14(17(21)23)8-10-29-19/h6-8,10-12H,4-5,9H2,1-3H3,(H2,21,23)(H,22,24)/t12-/m1/s1. The third kappa shape index (κ3) is 5.95. The lowest BCUT2D eigenvalue weighted by atomic mass is 10.2. The number of amides is 2. The van der Waals surface area contributed by atoms with Crippen molar-refractivity contribution in [1.82, 2.24) is 0 Å². The topological polar surface area (TPSA) is 117 Å². The molecule has 0 unspecified atom stereocenters. The zero-order valence-electron chi connectivity index (χ0n) is 16.5. The second kappa shape index (κ2) is 10.5. The van der Waals surface area contributed by atoms with E-state index in [2.05, 4.69) is 5.32 Å². The van der Waals surface area contributed by atoms with Crippen molar-refractivity contribution >= 4 is 34.1 Å². The van der Waals surface area contributed by atoms with Gasteiger partial charge in [0.1, 0.15) is 5.00 Å². The highest BCUT2D eigenvalue weighted by atomic mass is 32.1. The molecule has 1 atom stereocenters. The summed E-state index contributed by atoms with van der Waals surface area (Å²) < 4.78 is 16.4. The van der Waals surface area contributed by atoms with Crippen molar-refractivity contribution in [2.75, 3.05) is 18.5 Å². The van der Waals surface area contributed by atoms with Gasteiger partial charge in [0, 0.05) is 0 Å². The molecule has 0 spiro atoms. The normalized spacial score (nSPS) is 11.4. The quantitative estimate of drug-likeness (QED) is 0.570. The average Bonchev–Trinajstić information content (AvgIpc) is 3.15. The fraction of sp³-hybridized carbons (Fsp3) is 0.350. The summed E-state index contributed by atoms with van der Waals surface area (Å²) in [5.41, 5.74) is 5.69. The number of thiophene rings is 1. The highest BCUT2D eigenvalue weighted by Gasteiger charge is 2.22. The number of hydrogen-bond donors (Lipinski definition) is 2. The minimum absolute atomic E-state index is 0.200. The predicted octanol–water partition coefficient (Wildman–Crippen LogP) is 3.22. The molecule has 156 valence electrons. The first kappa shape index (κ1) is 22.2. The van der Waals surface area contributed by atoms with Crippen LogP contribution in [0.3, 0.4) is 0 Å². The molecular weight excluding hydrogens is 396 g/mol. The molecule has 0 aliphatic carbocycles. The lowest BCUT2D eigenvalue weighted by Gasteiger charge is -2.15. The van der Waals surface area contributed by atoms with Crippen LogP contribution in [-0.2, 0) is 9.53 Å². The summed E-state index contributed by atoms with van der Waals surface area (Å²) in [6.45, 7) is 6.18. The van der Waals surface area contributed by atoms with Gasteiger partial charge in [-0.1, -0.05) is 6.92 Å². The molecule has 8 nitrogen and oxygen atoms in total. The van der Waals surface area contributed by atoms with E-state index in [1.807, 2.05) is 13.8 Å². The number of rotatable bonds is 10. The monoisotopic (exact) mass is 420 g/mol. The molecule has 0 bridgehead atoms. The molecule has 0 saturated carbocycles. The fourth-order valence-corrected chi connectivity index (χ4v) is 3.13. The summed E-state index contributed by atoms with van der Waals surface area (Å²) in [6, 6.07) is 6.21. The van der Waals surface area contributed by atoms with Crippen molar-refractivity contribution < 1.29 is 28.6 Å². The molecule has 0 saturated heterocycles. The van der Waals surface area contributed by atoms with Crippen LogP contribution in [-0.4, -0.2) is 37.1 Å². The molecule has 0 fully saturated rings. The van der Waals surface area contributed by atoms with Crippen LogP contribution in [0.1, 0.15) is 47.9 Å². The Kier molecular flexibility index (Phi) is 8.02. The van der Waals surface area contributed by atoms with Crippen molar-refractivity contribution in [3.05, 3.63) is 40.8 Å². The maximum absolute atomic E-state index is 12.4. The number of anilines is 1. The molecule has 9 heteroatoms.